The smallest absolute Gasteiger partial charge is 0.269 e. The molecule has 0 saturated carbocycles. The molecule has 0 aliphatic heterocycles. The van der Waals surface area contributed by atoms with E-state index >= 15 is 0 Å². The van der Waals surface area contributed by atoms with Gasteiger partial charge in [-0.1, -0.05) is 6.07 Å². The van der Waals surface area contributed by atoms with E-state index in [1.807, 2.05) is 0 Å². The number of hydrazine groups is 1. The van der Waals surface area contributed by atoms with Crippen LogP contribution in [0.25, 0.3) is 0 Å². The summed E-state index contributed by atoms with van der Waals surface area (Å²) in [5, 5.41) is 0. The van der Waals surface area contributed by atoms with Crippen molar-refractivity contribution in [2.45, 2.75) is 4.90 Å². The van der Waals surface area contributed by atoms with E-state index in [0.29, 0.717) is 22.9 Å². The van der Waals surface area contributed by atoms with Crippen molar-refractivity contribution in [2.75, 3.05) is 26.1 Å². The molecule has 0 unspecified atom stereocenters. The van der Waals surface area contributed by atoms with E-state index in [1.165, 1.54) is 57.7 Å². The molecule has 0 aliphatic carbocycles. The van der Waals surface area contributed by atoms with Gasteiger partial charge in [0.2, 0.25) is 0 Å². The first-order chi connectivity index (χ1) is 16.2. The van der Waals surface area contributed by atoms with Crippen LogP contribution >= 0.6 is 0 Å². The molecule has 3 rings (SSSR count). The molecule has 0 aliphatic rings. The number of carbonyl (C=O) groups is 2. The van der Waals surface area contributed by atoms with Gasteiger partial charge in [-0.2, -0.15) is 0 Å². The SMILES string of the molecule is COc1ccc(NS(=O)(=O)c2cccc(C(=O)NNC(=O)c3cc(OC)cc(OC)c3)c2)cc1. The summed E-state index contributed by atoms with van der Waals surface area (Å²) in [6, 6.07) is 16.3. The topological polar surface area (TPSA) is 132 Å². The third-order valence-corrected chi connectivity index (χ3v) is 6.03. The molecular formula is C23H23N3O7S. The van der Waals surface area contributed by atoms with Crippen LogP contribution in [-0.2, 0) is 10.0 Å². The van der Waals surface area contributed by atoms with Crippen LogP contribution < -0.4 is 29.8 Å². The van der Waals surface area contributed by atoms with E-state index in [2.05, 4.69) is 15.6 Å². The molecule has 0 fully saturated rings. The van der Waals surface area contributed by atoms with Gasteiger partial charge in [0.25, 0.3) is 21.8 Å². The van der Waals surface area contributed by atoms with Gasteiger partial charge in [0, 0.05) is 22.9 Å². The monoisotopic (exact) mass is 485 g/mol. The minimum Gasteiger partial charge on any atom is -0.497 e. The molecule has 0 heterocycles. The van der Waals surface area contributed by atoms with Crippen LogP contribution in [0.5, 0.6) is 17.2 Å². The second kappa shape index (κ2) is 10.6. The first kappa shape index (κ1) is 24.4. The molecular weight excluding hydrogens is 462 g/mol. The van der Waals surface area contributed by atoms with Crippen LogP contribution in [-0.4, -0.2) is 41.6 Å². The summed E-state index contributed by atoms with van der Waals surface area (Å²) in [5.41, 5.74) is 5.10. The number of hydrogen-bond acceptors (Lipinski definition) is 7. The summed E-state index contributed by atoms with van der Waals surface area (Å²) in [6.07, 6.45) is 0. The van der Waals surface area contributed by atoms with Crippen LogP contribution in [0.2, 0.25) is 0 Å². The number of anilines is 1. The summed E-state index contributed by atoms with van der Waals surface area (Å²) >= 11 is 0. The number of hydrogen-bond donors (Lipinski definition) is 3. The maximum Gasteiger partial charge on any atom is 0.269 e. The fourth-order valence-corrected chi connectivity index (χ4v) is 3.98. The predicted molar refractivity (Wildman–Crippen MR) is 125 cm³/mol. The molecule has 0 saturated heterocycles. The maximum absolute atomic E-state index is 12.7. The first-order valence-electron chi connectivity index (χ1n) is 9.86. The van der Waals surface area contributed by atoms with E-state index in [9.17, 15) is 18.0 Å². The summed E-state index contributed by atoms with van der Waals surface area (Å²) in [5.74, 6) is 0.0625. The Kier molecular flexibility index (Phi) is 7.59. The highest BCUT2D eigenvalue weighted by molar-refractivity contribution is 7.92. The van der Waals surface area contributed by atoms with Crippen LogP contribution in [0.15, 0.2) is 71.6 Å². The lowest BCUT2D eigenvalue weighted by Gasteiger charge is -2.12. The van der Waals surface area contributed by atoms with E-state index in [1.54, 1.807) is 30.3 Å². The zero-order valence-corrected chi connectivity index (χ0v) is 19.4. The van der Waals surface area contributed by atoms with Crippen LogP contribution in [0.1, 0.15) is 20.7 Å². The highest BCUT2D eigenvalue weighted by Gasteiger charge is 2.17. The Hall–Kier alpha value is -4.25. The summed E-state index contributed by atoms with van der Waals surface area (Å²) in [7, 11) is 0.436. The van der Waals surface area contributed by atoms with Crippen molar-refractivity contribution in [1.82, 2.24) is 10.9 Å². The van der Waals surface area contributed by atoms with Gasteiger partial charge in [-0.3, -0.25) is 25.2 Å². The Morgan fingerprint density at radius 1 is 0.676 bits per heavy atom. The van der Waals surface area contributed by atoms with Gasteiger partial charge in [0.15, 0.2) is 0 Å². The van der Waals surface area contributed by atoms with E-state index in [4.69, 9.17) is 14.2 Å². The maximum atomic E-state index is 12.7. The summed E-state index contributed by atoms with van der Waals surface area (Å²) < 4.78 is 43.2. The minimum atomic E-state index is -3.96. The zero-order chi connectivity index (χ0) is 24.7. The molecule has 0 spiro atoms. The minimum absolute atomic E-state index is 0.0288. The van der Waals surface area contributed by atoms with Crippen LogP contribution in [0.3, 0.4) is 0 Å². The highest BCUT2D eigenvalue weighted by atomic mass is 32.2. The van der Waals surface area contributed by atoms with Crippen molar-refractivity contribution < 1.29 is 32.2 Å². The number of rotatable bonds is 8. The number of methoxy groups -OCH3 is 3. The van der Waals surface area contributed by atoms with E-state index < -0.39 is 21.8 Å². The van der Waals surface area contributed by atoms with Gasteiger partial charge < -0.3 is 14.2 Å². The summed E-state index contributed by atoms with van der Waals surface area (Å²) in [4.78, 5) is 24.8. The Bertz CT molecular complexity index is 1270. The highest BCUT2D eigenvalue weighted by Crippen LogP contribution is 2.22. The fraction of sp³-hybridized carbons (Fsp3) is 0.130. The van der Waals surface area contributed by atoms with Crippen LogP contribution in [0.4, 0.5) is 5.69 Å². The van der Waals surface area contributed by atoms with Gasteiger partial charge >= 0.3 is 0 Å². The second-order valence-electron chi connectivity index (χ2n) is 6.87. The van der Waals surface area contributed by atoms with Crippen molar-refractivity contribution in [3.05, 3.63) is 77.9 Å². The molecule has 0 aromatic heterocycles. The molecule has 178 valence electrons. The number of amides is 2. The summed E-state index contributed by atoms with van der Waals surface area (Å²) in [6.45, 7) is 0. The Labute approximate surface area is 196 Å². The Balaban J connectivity index is 1.70. The molecule has 0 atom stereocenters. The van der Waals surface area contributed by atoms with Crippen molar-refractivity contribution >= 4 is 27.5 Å². The van der Waals surface area contributed by atoms with Gasteiger partial charge in [-0.05, 0) is 54.6 Å². The second-order valence-corrected chi connectivity index (χ2v) is 8.55. The van der Waals surface area contributed by atoms with Crippen molar-refractivity contribution in [1.29, 1.82) is 0 Å². The number of carbonyl (C=O) groups excluding carboxylic acids is 2. The number of ether oxygens (including phenoxy) is 3. The molecule has 0 bridgehead atoms. The van der Waals surface area contributed by atoms with Crippen molar-refractivity contribution in [3.8, 4) is 17.2 Å². The fourth-order valence-electron chi connectivity index (χ4n) is 2.87. The van der Waals surface area contributed by atoms with Crippen molar-refractivity contribution in [3.63, 3.8) is 0 Å². The number of sulfonamides is 1. The number of nitrogens with one attached hydrogen (secondary N) is 3. The predicted octanol–water partition coefficient (Wildman–Crippen LogP) is 2.59. The van der Waals surface area contributed by atoms with Crippen LogP contribution in [0, 0.1) is 0 Å². The third-order valence-electron chi connectivity index (χ3n) is 4.65. The molecule has 3 aromatic rings. The standard InChI is InChI=1S/C23H23N3O7S/c1-31-18-9-7-17(8-10-18)26-34(29,30)21-6-4-5-15(13-21)22(27)24-25-23(28)16-11-19(32-2)14-20(12-16)33-3/h4-14,26H,1-3H3,(H,24,27)(H,25,28). The Morgan fingerprint density at radius 2 is 1.24 bits per heavy atom. The lowest BCUT2D eigenvalue weighted by molar-refractivity contribution is 0.0846. The van der Waals surface area contributed by atoms with Gasteiger partial charge in [0.05, 0.1) is 26.2 Å². The van der Waals surface area contributed by atoms with Crippen molar-refractivity contribution in [2.24, 2.45) is 0 Å². The van der Waals surface area contributed by atoms with Gasteiger partial charge in [-0.15, -0.1) is 0 Å². The zero-order valence-electron chi connectivity index (χ0n) is 18.6. The molecule has 34 heavy (non-hydrogen) atoms. The largest absolute Gasteiger partial charge is 0.497 e. The molecule has 3 aromatic carbocycles. The van der Waals surface area contributed by atoms with Gasteiger partial charge in [-0.25, -0.2) is 8.42 Å². The molecule has 10 nitrogen and oxygen atoms in total. The Morgan fingerprint density at radius 3 is 1.79 bits per heavy atom. The average molecular weight is 486 g/mol. The molecule has 3 N–H and O–H groups in total. The van der Waals surface area contributed by atoms with Gasteiger partial charge in [0.1, 0.15) is 17.2 Å². The molecule has 0 radical (unpaired) electrons. The molecule has 11 heteroatoms. The number of benzene rings is 3. The third kappa shape index (κ3) is 5.95. The normalized spacial score (nSPS) is 10.7. The van der Waals surface area contributed by atoms with E-state index in [-0.39, 0.29) is 16.0 Å². The quantitative estimate of drug-likeness (QED) is 0.418. The lowest BCUT2D eigenvalue weighted by Crippen LogP contribution is -2.41. The van der Waals surface area contributed by atoms with E-state index in [0.717, 1.165) is 0 Å². The molecule has 2 amide bonds. The first-order valence-corrected chi connectivity index (χ1v) is 11.3. The average Bonchev–Trinajstić information content (AvgIpc) is 2.86. The lowest BCUT2D eigenvalue weighted by atomic mass is 10.2.